The van der Waals surface area contributed by atoms with Gasteiger partial charge in [0.05, 0.1) is 4.75 Å². The van der Waals surface area contributed by atoms with Gasteiger partial charge in [-0.3, -0.25) is 0 Å². The van der Waals surface area contributed by atoms with E-state index in [1.54, 1.807) is 0 Å². The molecule has 0 heterocycles. The van der Waals surface area contributed by atoms with Crippen LogP contribution < -0.4 is 4.72 Å². The molecule has 0 aliphatic rings. The van der Waals surface area contributed by atoms with Crippen molar-refractivity contribution in [1.82, 2.24) is 0 Å². The van der Waals surface area contributed by atoms with E-state index in [9.17, 15) is 4.21 Å². The van der Waals surface area contributed by atoms with E-state index in [1.807, 2.05) is 45.0 Å². The molecule has 14 heavy (non-hydrogen) atoms. The molecule has 0 radical (unpaired) electrons. The number of benzene rings is 1. The highest BCUT2D eigenvalue weighted by Crippen LogP contribution is 2.19. The molecule has 0 saturated heterocycles. The standard InChI is InChI=1S/C10H14BrNOS/c1-10(2,3)14(13)12-9-6-4-5-8(11)7-9/h4-7,12H,1-3H3. The van der Waals surface area contributed by atoms with Gasteiger partial charge >= 0.3 is 0 Å². The lowest BCUT2D eigenvalue weighted by molar-refractivity contribution is 0.653. The average Bonchev–Trinajstić information content (AvgIpc) is 2.02. The van der Waals surface area contributed by atoms with Crippen LogP contribution in [0, 0.1) is 0 Å². The topological polar surface area (TPSA) is 29.1 Å². The normalized spacial score (nSPS) is 13.7. The van der Waals surface area contributed by atoms with E-state index in [-0.39, 0.29) is 4.75 Å². The summed E-state index contributed by atoms with van der Waals surface area (Å²) in [5, 5.41) is 0. The molecule has 0 aliphatic carbocycles. The third-order valence-corrected chi connectivity index (χ3v) is 3.62. The molecule has 2 nitrogen and oxygen atoms in total. The monoisotopic (exact) mass is 275 g/mol. The molecule has 1 aromatic carbocycles. The summed E-state index contributed by atoms with van der Waals surface area (Å²) in [7, 11) is -1.07. The fourth-order valence-electron chi connectivity index (χ4n) is 0.812. The molecule has 0 aliphatic heterocycles. The first-order chi connectivity index (χ1) is 6.39. The van der Waals surface area contributed by atoms with Gasteiger partial charge in [-0.05, 0) is 39.0 Å². The van der Waals surface area contributed by atoms with E-state index in [2.05, 4.69) is 20.7 Å². The predicted molar refractivity (Wildman–Crippen MR) is 65.7 cm³/mol. The van der Waals surface area contributed by atoms with Gasteiger partial charge < -0.3 is 4.72 Å². The van der Waals surface area contributed by atoms with Crippen molar-refractivity contribution in [2.45, 2.75) is 25.5 Å². The van der Waals surface area contributed by atoms with Gasteiger partial charge in [0.15, 0.2) is 0 Å². The molecule has 0 fully saturated rings. The van der Waals surface area contributed by atoms with Crippen molar-refractivity contribution in [2.75, 3.05) is 4.72 Å². The van der Waals surface area contributed by atoms with Gasteiger partial charge in [-0.15, -0.1) is 0 Å². The third-order valence-electron chi connectivity index (χ3n) is 1.59. The summed E-state index contributed by atoms with van der Waals surface area (Å²) in [5.41, 5.74) is 0.868. The molecular formula is C10H14BrNOS. The minimum Gasteiger partial charge on any atom is -0.305 e. The van der Waals surface area contributed by atoms with Crippen LogP contribution in [0.4, 0.5) is 5.69 Å². The Morgan fingerprint density at radius 3 is 2.50 bits per heavy atom. The second kappa shape index (κ2) is 4.45. The first-order valence-corrected chi connectivity index (χ1v) is 6.28. The molecule has 1 atom stereocenters. The van der Waals surface area contributed by atoms with Crippen molar-refractivity contribution in [3.05, 3.63) is 28.7 Å². The Morgan fingerprint density at radius 2 is 2.00 bits per heavy atom. The molecule has 1 aromatic rings. The highest BCUT2D eigenvalue weighted by atomic mass is 79.9. The zero-order valence-corrected chi connectivity index (χ0v) is 10.9. The number of nitrogens with one attached hydrogen (secondary N) is 1. The molecular weight excluding hydrogens is 262 g/mol. The minimum absolute atomic E-state index is 0.248. The van der Waals surface area contributed by atoms with Crippen molar-refractivity contribution in [1.29, 1.82) is 0 Å². The maximum absolute atomic E-state index is 11.7. The van der Waals surface area contributed by atoms with Gasteiger partial charge in [-0.2, -0.15) is 0 Å². The zero-order valence-electron chi connectivity index (χ0n) is 8.50. The van der Waals surface area contributed by atoms with E-state index >= 15 is 0 Å². The summed E-state index contributed by atoms with van der Waals surface area (Å²) in [6.07, 6.45) is 0. The highest BCUT2D eigenvalue weighted by Gasteiger charge is 2.19. The molecule has 0 amide bonds. The van der Waals surface area contributed by atoms with Gasteiger partial charge in [-0.25, -0.2) is 4.21 Å². The fraction of sp³-hybridized carbons (Fsp3) is 0.400. The Balaban J connectivity index is 2.75. The van der Waals surface area contributed by atoms with Crippen LogP contribution in [0.15, 0.2) is 28.7 Å². The van der Waals surface area contributed by atoms with E-state index in [0.717, 1.165) is 10.2 Å². The van der Waals surface area contributed by atoms with Crippen LogP contribution >= 0.6 is 15.9 Å². The minimum atomic E-state index is -1.07. The first-order valence-electron chi connectivity index (χ1n) is 4.34. The Hall–Kier alpha value is -0.350. The molecule has 78 valence electrons. The highest BCUT2D eigenvalue weighted by molar-refractivity contribution is 9.10. The Bertz CT molecular complexity index is 346. The van der Waals surface area contributed by atoms with E-state index in [1.165, 1.54) is 0 Å². The second-order valence-electron chi connectivity index (χ2n) is 3.99. The van der Waals surface area contributed by atoms with Crippen molar-refractivity contribution in [3.63, 3.8) is 0 Å². The molecule has 0 bridgehead atoms. The first kappa shape index (κ1) is 11.7. The SMILES string of the molecule is CC(C)(C)S(=O)Nc1cccc(Br)c1. The number of hydrogen-bond donors (Lipinski definition) is 1. The lowest BCUT2D eigenvalue weighted by Gasteiger charge is -2.18. The maximum atomic E-state index is 11.7. The smallest absolute Gasteiger partial charge is 0.122 e. The lowest BCUT2D eigenvalue weighted by atomic mass is 10.3. The lowest BCUT2D eigenvalue weighted by Crippen LogP contribution is -2.27. The van der Waals surface area contributed by atoms with E-state index < -0.39 is 11.0 Å². The fourth-order valence-corrected chi connectivity index (χ4v) is 1.86. The van der Waals surface area contributed by atoms with Crippen LogP contribution in [0.2, 0.25) is 0 Å². The molecule has 1 unspecified atom stereocenters. The second-order valence-corrected chi connectivity index (χ2v) is 6.88. The van der Waals surface area contributed by atoms with Gasteiger partial charge in [0.2, 0.25) is 0 Å². The van der Waals surface area contributed by atoms with Gasteiger partial charge in [0.1, 0.15) is 11.0 Å². The van der Waals surface area contributed by atoms with Crippen molar-refractivity contribution >= 4 is 32.6 Å². The summed E-state index contributed by atoms with van der Waals surface area (Å²) >= 11 is 3.36. The van der Waals surface area contributed by atoms with Crippen molar-refractivity contribution in [2.24, 2.45) is 0 Å². The van der Waals surface area contributed by atoms with E-state index in [0.29, 0.717) is 0 Å². The Kier molecular flexibility index (Phi) is 3.72. The summed E-state index contributed by atoms with van der Waals surface area (Å²) < 4.78 is 15.4. The van der Waals surface area contributed by atoms with Gasteiger partial charge in [0.25, 0.3) is 0 Å². The van der Waals surface area contributed by atoms with Crippen molar-refractivity contribution in [3.8, 4) is 0 Å². The van der Waals surface area contributed by atoms with Crippen LogP contribution in [0.3, 0.4) is 0 Å². The molecule has 0 spiro atoms. The molecule has 4 heteroatoms. The maximum Gasteiger partial charge on any atom is 0.122 e. The van der Waals surface area contributed by atoms with Crippen LogP contribution in [-0.4, -0.2) is 8.96 Å². The number of hydrogen-bond acceptors (Lipinski definition) is 1. The zero-order chi connectivity index (χ0) is 10.8. The quantitative estimate of drug-likeness (QED) is 0.882. The largest absolute Gasteiger partial charge is 0.305 e. The van der Waals surface area contributed by atoms with Crippen LogP contribution in [0.25, 0.3) is 0 Å². The summed E-state index contributed by atoms with van der Waals surface area (Å²) in [6.45, 7) is 5.82. The van der Waals surface area contributed by atoms with Gasteiger partial charge in [0, 0.05) is 10.2 Å². The molecule has 1 N–H and O–H groups in total. The van der Waals surface area contributed by atoms with E-state index in [4.69, 9.17) is 0 Å². The Morgan fingerprint density at radius 1 is 1.36 bits per heavy atom. The molecule has 1 rings (SSSR count). The number of rotatable bonds is 2. The van der Waals surface area contributed by atoms with Gasteiger partial charge in [-0.1, -0.05) is 22.0 Å². The molecule has 0 aromatic heterocycles. The average molecular weight is 276 g/mol. The predicted octanol–water partition coefficient (Wildman–Crippen LogP) is 3.32. The van der Waals surface area contributed by atoms with Crippen LogP contribution in [-0.2, 0) is 11.0 Å². The number of halogens is 1. The molecule has 0 saturated carbocycles. The van der Waals surface area contributed by atoms with Crippen LogP contribution in [0.5, 0.6) is 0 Å². The van der Waals surface area contributed by atoms with Crippen LogP contribution in [0.1, 0.15) is 20.8 Å². The summed E-state index contributed by atoms with van der Waals surface area (Å²) in [5.74, 6) is 0. The summed E-state index contributed by atoms with van der Waals surface area (Å²) in [6, 6.07) is 7.65. The Labute approximate surface area is 95.8 Å². The summed E-state index contributed by atoms with van der Waals surface area (Å²) in [4.78, 5) is 0. The third kappa shape index (κ3) is 3.42. The number of anilines is 1. The van der Waals surface area contributed by atoms with Crippen molar-refractivity contribution < 1.29 is 4.21 Å².